The van der Waals surface area contributed by atoms with Crippen LogP contribution in [0, 0.1) is 5.92 Å². The van der Waals surface area contributed by atoms with Crippen LogP contribution in [-0.2, 0) is 16.6 Å². The molecule has 0 fully saturated rings. The fourth-order valence-corrected chi connectivity index (χ4v) is 2.21. The Hall–Kier alpha value is -1.51. The highest BCUT2D eigenvalue weighted by Crippen LogP contribution is 2.32. The number of benzene rings is 1. The molecule has 0 radical (unpaired) electrons. The van der Waals surface area contributed by atoms with Crippen molar-refractivity contribution in [2.24, 2.45) is 5.92 Å². The van der Waals surface area contributed by atoms with Crippen molar-refractivity contribution in [2.75, 3.05) is 6.61 Å². The van der Waals surface area contributed by atoms with Crippen LogP contribution in [0.3, 0.4) is 0 Å². The van der Waals surface area contributed by atoms with Crippen LogP contribution in [0.5, 0.6) is 5.75 Å². The van der Waals surface area contributed by atoms with Gasteiger partial charge in [-0.1, -0.05) is 32.9 Å². The minimum Gasteiger partial charge on any atom is -0.493 e. The van der Waals surface area contributed by atoms with Gasteiger partial charge in [0.05, 0.1) is 12.5 Å². The molecule has 0 aromatic heterocycles. The van der Waals surface area contributed by atoms with E-state index in [1.807, 2.05) is 6.07 Å². The van der Waals surface area contributed by atoms with Crippen molar-refractivity contribution in [2.45, 2.75) is 39.0 Å². The second-order valence-electron chi connectivity index (χ2n) is 5.95. The third-order valence-corrected chi connectivity index (χ3v) is 3.47. The fraction of sp³-hybridized carbons (Fsp3) is 0.533. The monoisotopic (exact) mass is 248 g/mol. The van der Waals surface area contributed by atoms with Crippen molar-refractivity contribution >= 4 is 5.97 Å². The van der Waals surface area contributed by atoms with E-state index >= 15 is 0 Å². The summed E-state index contributed by atoms with van der Waals surface area (Å²) in [5.41, 5.74) is 2.31. The maximum Gasteiger partial charge on any atom is 0.306 e. The predicted molar refractivity (Wildman–Crippen MR) is 70.1 cm³/mol. The van der Waals surface area contributed by atoms with Crippen molar-refractivity contribution in [3.63, 3.8) is 0 Å². The molecule has 0 saturated carbocycles. The second-order valence-corrected chi connectivity index (χ2v) is 5.95. The average molecular weight is 248 g/mol. The summed E-state index contributed by atoms with van der Waals surface area (Å²) in [6, 6.07) is 6.14. The van der Waals surface area contributed by atoms with Crippen LogP contribution in [0.2, 0.25) is 0 Å². The normalized spacial score (nSPS) is 19.6. The van der Waals surface area contributed by atoms with E-state index in [4.69, 9.17) is 9.84 Å². The number of ether oxygens (including phenoxy) is 1. The van der Waals surface area contributed by atoms with Gasteiger partial charge in [-0.2, -0.15) is 0 Å². The van der Waals surface area contributed by atoms with Gasteiger partial charge in [-0.3, -0.25) is 4.79 Å². The summed E-state index contributed by atoms with van der Waals surface area (Å²) in [5.74, 6) is -0.204. The predicted octanol–water partition coefficient (Wildman–Crippen LogP) is 3.01. The molecule has 0 spiro atoms. The molecule has 1 aliphatic heterocycles. The van der Waals surface area contributed by atoms with E-state index < -0.39 is 5.97 Å². The molecule has 1 aliphatic rings. The Kier molecular flexibility index (Phi) is 3.33. The number of carboxylic acid groups (broad SMARTS) is 1. The van der Waals surface area contributed by atoms with Gasteiger partial charge < -0.3 is 9.84 Å². The number of carbonyl (C=O) groups is 1. The zero-order valence-corrected chi connectivity index (χ0v) is 11.2. The largest absolute Gasteiger partial charge is 0.493 e. The van der Waals surface area contributed by atoms with E-state index in [1.165, 1.54) is 5.56 Å². The molecule has 1 N–H and O–H groups in total. The molecular weight excluding hydrogens is 228 g/mol. The van der Waals surface area contributed by atoms with Gasteiger partial charge in [0, 0.05) is 0 Å². The molecule has 1 aromatic carbocycles. The topological polar surface area (TPSA) is 46.5 Å². The van der Waals surface area contributed by atoms with Crippen LogP contribution >= 0.6 is 0 Å². The Bertz CT molecular complexity index is 457. The molecule has 1 unspecified atom stereocenters. The molecular formula is C15H20O3. The molecule has 0 saturated heterocycles. The molecule has 1 heterocycles. The van der Waals surface area contributed by atoms with Crippen LogP contribution in [0.1, 0.15) is 38.3 Å². The van der Waals surface area contributed by atoms with Gasteiger partial charge in [0.2, 0.25) is 0 Å². The lowest BCUT2D eigenvalue weighted by atomic mass is 9.85. The number of fused-ring (bicyclic) bond motifs is 1. The Balaban J connectivity index is 2.32. The van der Waals surface area contributed by atoms with E-state index in [9.17, 15) is 4.79 Å². The van der Waals surface area contributed by atoms with Gasteiger partial charge >= 0.3 is 5.97 Å². The number of hydrogen-bond donors (Lipinski definition) is 1. The first-order valence-corrected chi connectivity index (χ1v) is 6.37. The second kappa shape index (κ2) is 4.63. The molecule has 18 heavy (non-hydrogen) atoms. The van der Waals surface area contributed by atoms with Gasteiger partial charge in [0.25, 0.3) is 0 Å². The highest BCUT2D eigenvalue weighted by Gasteiger charge is 2.24. The lowest BCUT2D eigenvalue weighted by Crippen LogP contribution is -2.16. The van der Waals surface area contributed by atoms with Crippen LogP contribution in [0.15, 0.2) is 18.2 Å². The highest BCUT2D eigenvalue weighted by molar-refractivity contribution is 5.70. The molecule has 0 aliphatic carbocycles. The van der Waals surface area contributed by atoms with Crippen molar-refractivity contribution in [3.8, 4) is 5.75 Å². The summed E-state index contributed by atoms with van der Waals surface area (Å²) in [7, 11) is 0. The van der Waals surface area contributed by atoms with Crippen LogP contribution in [-0.4, -0.2) is 17.7 Å². The molecule has 3 heteroatoms. The van der Waals surface area contributed by atoms with Crippen molar-refractivity contribution in [1.29, 1.82) is 0 Å². The van der Waals surface area contributed by atoms with Crippen molar-refractivity contribution in [1.82, 2.24) is 0 Å². The first-order valence-electron chi connectivity index (χ1n) is 6.37. The number of rotatable bonds is 1. The summed E-state index contributed by atoms with van der Waals surface area (Å²) >= 11 is 0. The maximum absolute atomic E-state index is 11.1. The van der Waals surface area contributed by atoms with Gasteiger partial charge in [0.1, 0.15) is 5.75 Å². The Labute approximate surface area is 108 Å². The highest BCUT2D eigenvalue weighted by atomic mass is 16.5. The summed E-state index contributed by atoms with van der Waals surface area (Å²) in [4.78, 5) is 11.1. The van der Waals surface area contributed by atoms with Gasteiger partial charge in [0.15, 0.2) is 0 Å². The van der Waals surface area contributed by atoms with E-state index in [-0.39, 0.29) is 11.3 Å². The standard InChI is InChI=1S/C15H20O3/c1-15(2,3)12-5-4-10-8-11(14(16)17)6-7-18-13(10)9-12/h4-5,9,11H,6-8H2,1-3H3,(H,16,17). The third kappa shape index (κ3) is 2.66. The van der Waals surface area contributed by atoms with Crippen molar-refractivity contribution < 1.29 is 14.6 Å². The van der Waals surface area contributed by atoms with Crippen LogP contribution < -0.4 is 4.74 Å². The van der Waals surface area contributed by atoms with E-state index in [1.54, 1.807) is 0 Å². The number of aliphatic carboxylic acids is 1. The smallest absolute Gasteiger partial charge is 0.306 e. The first-order chi connectivity index (χ1) is 8.38. The fourth-order valence-electron chi connectivity index (χ4n) is 2.21. The lowest BCUT2D eigenvalue weighted by Gasteiger charge is -2.20. The summed E-state index contributed by atoms with van der Waals surface area (Å²) in [6.45, 7) is 6.96. The Morgan fingerprint density at radius 1 is 1.39 bits per heavy atom. The first kappa shape index (κ1) is 12.9. The number of carboxylic acids is 1. The third-order valence-electron chi connectivity index (χ3n) is 3.47. The molecule has 2 rings (SSSR count). The average Bonchev–Trinajstić information content (AvgIpc) is 2.48. The van der Waals surface area contributed by atoms with Crippen LogP contribution in [0.25, 0.3) is 0 Å². The minimum atomic E-state index is -0.730. The van der Waals surface area contributed by atoms with Crippen LogP contribution in [0.4, 0.5) is 0 Å². The molecule has 3 nitrogen and oxygen atoms in total. The molecule has 0 amide bonds. The van der Waals surface area contributed by atoms with E-state index in [2.05, 4.69) is 32.9 Å². The molecule has 0 bridgehead atoms. The summed E-state index contributed by atoms with van der Waals surface area (Å²) < 4.78 is 5.70. The lowest BCUT2D eigenvalue weighted by molar-refractivity contribution is -0.142. The number of hydrogen-bond acceptors (Lipinski definition) is 2. The quantitative estimate of drug-likeness (QED) is 0.831. The SMILES string of the molecule is CC(C)(C)c1ccc2c(c1)OCCC(C(=O)O)C2. The van der Waals surface area contributed by atoms with Gasteiger partial charge in [-0.15, -0.1) is 0 Å². The molecule has 1 aromatic rings. The molecule has 98 valence electrons. The van der Waals surface area contributed by atoms with Gasteiger partial charge in [-0.05, 0) is 35.4 Å². The Morgan fingerprint density at radius 2 is 2.11 bits per heavy atom. The van der Waals surface area contributed by atoms with Crippen molar-refractivity contribution in [3.05, 3.63) is 29.3 Å². The van der Waals surface area contributed by atoms with E-state index in [0.29, 0.717) is 19.4 Å². The molecule has 1 atom stereocenters. The summed E-state index contributed by atoms with van der Waals surface area (Å²) in [5, 5.41) is 9.12. The van der Waals surface area contributed by atoms with Gasteiger partial charge in [-0.25, -0.2) is 0 Å². The minimum absolute atomic E-state index is 0.0803. The maximum atomic E-state index is 11.1. The summed E-state index contributed by atoms with van der Waals surface area (Å²) in [6.07, 6.45) is 1.14. The Morgan fingerprint density at radius 3 is 2.72 bits per heavy atom. The zero-order valence-electron chi connectivity index (χ0n) is 11.2. The van der Waals surface area contributed by atoms with E-state index in [0.717, 1.165) is 11.3 Å². The zero-order chi connectivity index (χ0) is 13.3.